The first-order valence-corrected chi connectivity index (χ1v) is 7.51. The number of rotatable bonds is 3. The topological polar surface area (TPSA) is 48.1 Å². The van der Waals surface area contributed by atoms with Crippen molar-refractivity contribution in [2.45, 2.75) is 24.8 Å². The second-order valence-corrected chi connectivity index (χ2v) is 5.77. The van der Waals surface area contributed by atoms with Gasteiger partial charge in [-0.25, -0.2) is 4.98 Å². The lowest BCUT2D eigenvalue weighted by molar-refractivity contribution is 0.0630. The van der Waals surface area contributed by atoms with Crippen molar-refractivity contribution < 1.29 is 4.74 Å². The average molecular weight is 274 g/mol. The molecule has 0 spiro atoms. The molecule has 2 heterocycles. The average Bonchev–Trinajstić information content (AvgIpc) is 2.98. The Morgan fingerprint density at radius 1 is 1.21 bits per heavy atom. The molecule has 1 aliphatic rings. The number of hydrogen-bond acceptors (Lipinski definition) is 4. The van der Waals surface area contributed by atoms with Crippen LogP contribution in [0.5, 0.6) is 0 Å². The molecule has 0 amide bonds. The van der Waals surface area contributed by atoms with Crippen molar-refractivity contribution in [2.24, 2.45) is 5.73 Å². The highest BCUT2D eigenvalue weighted by molar-refractivity contribution is 7.09. The molecule has 3 rings (SSSR count). The molecular weight excluding hydrogens is 256 g/mol. The van der Waals surface area contributed by atoms with Crippen LogP contribution in [-0.4, -0.2) is 18.2 Å². The first-order chi connectivity index (χ1) is 9.35. The Kier molecular flexibility index (Phi) is 3.64. The fraction of sp³-hybridized carbons (Fsp3) is 0.400. The van der Waals surface area contributed by atoms with Gasteiger partial charge in [0.05, 0.1) is 11.1 Å². The highest BCUT2D eigenvalue weighted by Gasteiger charge is 2.38. The molecule has 2 aromatic rings. The first-order valence-electron chi connectivity index (χ1n) is 6.63. The van der Waals surface area contributed by atoms with Gasteiger partial charge >= 0.3 is 0 Å². The van der Waals surface area contributed by atoms with Gasteiger partial charge in [0.15, 0.2) is 0 Å². The third-order valence-corrected chi connectivity index (χ3v) is 4.94. The summed E-state index contributed by atoms with van der Waals surface area (Å²) in [5.41, 5.74) is 8.04. The van der Waals surface area contributed by atoms with Crippen LogP contribution >= 0.6 is 11.3 Å². The van der Waals surface area contributed by atoms with Crippen LogP contribution in [0.1, 0.15) is 29.1 Å². The lowest BCUT2D eigenvalue weighted by Gasteiger charge is -2.36. The molecule has 4 heteroatoms. The lowest BCUT2D eigenvalue weighted by atomic mass is 9.74. The predicted octanol–water partition coefficient (Wildman–Crippen LogP) is 2.70. The molecular formula is C15H18N2OS. The number of nitrogens with zero attached hydrogens (tertiary/aromatic N) is 1. The summed E-state index contributed by atoms with van der Waals surface area (Å²) in [6.45, 7) is 2.11. The molecule has 1 aromatic carbocycles. The predicted molar refractivity (Wildman–Crippen MR) is 77.3 cm³/mol. The van der Waals surface area contributed by atoms with E-state index in [4.69, 9.17) is 15.5 Å². The standard InChI is InChI=1S/C15H18N2OS/c16-10-13-11-19-14(17-13)15(6-8-18-9-7-15)12-4-2-1-3-5-12/h1-5,11H,6-10,16H2. The summed E-state index contributed by atoms with van der Waals surface area (Å²) in [4.78, 5) is 4.74. The van der Waals surface area contributed by atoms with Crippen molar-refractivity contribution in [3.8, 4) is 0 Å². The summed E-state index contributed by atoms with van der Waals surface area (Å²) < 4.78 is 5.55. The van der Waals surface area contributed by atoms with Gasteiger partial charge < -0.3 is 10.5 Å². The number of aromatic nitrogens is 1. The van der Waals surface area contributed by atoms with Crippen molar-refractivity contribution in [3.63, 3.8) is 0 Å². The van der Waals surface area contributed by atoms with Crippen LogP contribution in [0.15, 0.2) is 35.7 Å². The Morgan fingerprint density at radius 3 is 2.58 bits per heavy atom. The normalized spacial score (nSPS) is 18.4. The van der Waals surface area contributed by atoms with E-state index in [1.165, 1.54) is 10.6 Å². The maximum Gasteiger partial charge on any atom is 0.104 e. The number of nitrogens with two attached hydrogens (primary N) is 1. The molecule has 1 saturated heterocycles. The van der Waals surface area contributed by atoms with E-state index in [0.29, 0.717) is 6.54 Å². The van der Waals surface area contributed by atoms with Crippen LogP contribution in [0.4, 0.5) is 0 Å². The molecule has 0 radical (unpaired) electrons. The number of ether oxygens (including phenoxy) is 1. The molecule has 1 fully saturated rings. The molecule has 1 aliphatic heterocycles. The first kappa shape index (κ1) is 12.8. The molecule has 100 valence electrons. The molecule has 3 nitrogen and oxygen atoms in total. The van der Waals surface area contributed by atoms with Crippen molar-refractivity contribution in [2.75, 3.05) is 13.2 Å². The number of thiazole rings is 1. The van der Waals surface area contributed by atoms with E-state index in [0.717, 1.165) is 31.7 Å². The fourth-order valence-corrected chi connectivity index (χ4v) is 3.84. The van der Waals surface area contributed by atoms with E-state index in [-0.39, 0.29) is 5.41 Å². The summed E-state index contributed by atoms with van der Waals surface area (Å²) in [6.07, 6.45) is 1.99. The van der Waals surface area contributed by atoms with Gasteiger partial charge in [-0.3, -0.25) is 0 Å². The van der Waals surface area contributed by atoms with Crippen molar-refractivity contribution in [3.05, 3.63) is 52.0 Å². The van der Waals surface area contributed by atoms with Crippen molar-refractivity contribution in [1.29, 1.82) is 0 Å². The van der Waals surface area contributed by atoms with Crippen molar-refractivity contribution >= 4 is 11.3 Å². The minimum Gasteiger partial charge on any atom is -0.381 e. The second-order valence-electron chi connectivity index (χ2n) is 4.91. The molecule has 0 unspecified atom stereocenters. The van der Waals surface area contributed by atoms with Crippen LogP contribution in [0.3, 0.4) is 0 Å². The third kappa shape index (κ3) is 2.31. The van der Waals surface area contributed by atoms with E-state index >= 15 is 0 Å². The van der Waals surface area contributed by atoms with Crippen LogP contribution in [0.25, 0.3) is 0 Å². The smallest absolute Gasteiger partial charge is 0.104 e. The van der Waals surface area contributed by atoms with Gasteiger partial charge in [0.1, 0.15) is 5.01 Å². The third-order valence-electron chi connectivity index (χ3n) is 3.84. The van der Waals surface area contributed by atoms with Crippen molar-refractivity contribution in [1.82, 2.24) is 4.98 Å². The zero-order valence-electron chi connectivity index (χ0n) is 10.8. The highest BCUT2D eigenvalue weighted by atomic mass is 32.1. The molecule has 0 atom stereocenters. The Hall–Kier alpha value is -1.23. The Labute approximate surface area is 117 Å². The zero-order chi connectivity index (χ0) is 13.1. The largest absolute Gasteiger partial charge is 0.381 e. The van der Waals surface area contributed by atoms with Gasteiger partial charge in [-0.15, -0.1) is 11.3 Å². The number of hydrogen-bond donors (Lipinski definition) is 1. The van der Waals surface area contributed by atoms with E-state index in [2.05, 4.69) is 35.7 Å². The monoisotopic (exact) mass is 274 g/mol. The van der Waals surface area contributed by atoms with Crippen LogP contribution in [0.2, 0.25) is 0 Å². The maximum atomic E-state index is 5.69. The fourth-order valence-electron chi connectivity index (χ4n) is 2.72. The van der Waals surface area contributed by atoms with E-state index in [9.17, 15) is 0 Å². The number of benzene rings is 1. The zero-order valence-corrected chi connectivity index (χ0v) is 11.7. The Morgan fingerprint density at radius 2 is 1.95 bits per heavy atom. The van der Waals surface area contributed by atoms with Crippen LogP contribution in [-0.2, 0) is 16.7 Å². The van der Waals surface area contributed by atoms with E-state index in [1.54, 1.807) is 11.3 Å². The van der Waals surface area contributed by atoms with Gasteiger partial charge in [0.2, 0.25) is 0 Å². The van der Waals surface area contributed by atoms with Gasteiger partial charge in [-0.2, -0.15) is 0 Å². The summed E-state index contributed by atoms with van der Waals surface area (Å²) in [5.74, 6) is 0. The van der Waals surface area contributed by atoms with E-state index < -0.39 is 0 Å². The summed E-state index contributed by atoms with van der Waals surface area (Å²) >= 11 is 1.73. The molecule has 0 aliphatic carbocycles. The molecule has 2 N–H and O–H groups in total. The van der Waals surface area contributed by atoms with Gasteiger partial charge in [0.25, 0.3) is 0 Å². The highest BCUT2D eigenvalue weighted by Crippen LogP contribution is 2.42. The second kappa shape index (κ2) is 5.41. The summed E-state index contributed by atoms with van der Waals surface area (Å²) in [7, 11) is 0. The summed E-state index contributed by atoms with van der Waals surface area (Å²) in [6, 6.07) is 10.7. The minimum absolute atomic E-state index is 0.0115. The van der Waals surface area contributed by atoms with Gasteiger partial charge in [-0.05, 0) is 18.4 Å². The molecule has 0 bridgehead atoms. The summed E-state index contributed by atoms with van der Waals surface area (Å²) in [5, 5.41) is 3.26. The molecule has 19 heavy (non-hydrogen) atoms. The SMILES string of the molecule is NCc1csc(C2(c3ccccc3)CCOCC2)n1. The Balaban J connectivity index is 2.06. The quantitative estimate of drug-likeness (QED) is 0.936. The Bertz CT molecular complexity index is 532. The van der Waals surface area contributed by atoms with Gasteiger partial charge in [0, 0.05) is 25.1 Å². The lowest BCUT2D eigenvalue weighted by Crippen LogP contribution is -2.35. The van der Waals surface area contributed by atoms with Gasteiger partial charge in [-0.1, -0.05) is 30.3 Å². The maximum absolute atomic E-state index is 5.69. The molecule has 0 saturated carbocycles. The van der Waals surface area contributed by atoms with Crippen LogP contribution in [0, 0.1) is 0 Å². The molecule has 1 aromatic heterocycles. The van der Waals surface area contributed by atoms with E-state index in [1.807, 2.05) is 0 Å². The minimum atomic E-state index is 0.0115. The van der Waals surface area contributed by atoms with Crippen LogP contribution < -0.4 is 5.73 Å².